The lowest BCUT2D eigenvalue weighted by Gasteiger charge is -2.25. The molecule has 1 aliphatic heterocycles. The van der Waals surface area contributed by atoms with Crippen LogP contribution in [0.1, 0.15) is 30.1 Å². The van der Waals surface area contributed by atoms with Gasteiger partial charge in [-0.25, -0.2) is 9.97 Å². The van der Waals surface area contributed by atoms with Gasteiger partial charge in [0.05, 0.1) is 6.04 Å². The van der Waals surface area contributed by atoms with Crippen LogP contribution < -0.4 is 4.90 Å². The number of nitrogens with zero attached hydrogens (tertiary/aromatic N) is 3. The van der Waals surface area contributed by atoms with Crippen molar-refractivity contribution >= 4 is 5.95 Å². The molecule has 0 N–H and O–H groups in total. The summed E-state index contributed by atoms with van der Waals surface area (Å²) in [5.41, 5.74) is 0.183. The molecule has 1 atom stereocenters. The first-order valence-corrected chi connectivity index (χ1v) is 6.77. The van der Waals surface area contributed by atoms with Crippen LogP contribution in [0.25, 0.3) is 0 Å². The van der Waals surface area contributed by atoms with Gasteiger partial charge < -0.3 is 4.90 Å². The van der Waals surface area contributed by atoms with Gasteiger partial charge in [0, 0.05) is 12.7 Å². The molecule has 1 fully saturated rings. The standard InChI is InChI=1S/C15H14F3N3/c16-15(17,18)13-8-9-19-14(20-13)21-10-4-7-12(21)11-5-2-1-3-6-11/h1-3,5-6,8-9,12H,4,7,10H2. The summed E-state index contributed by atoms with van der Waals surface area (Å²) in [4.78, 5) is 9.57. The largest absolute Gasteiger partial charge is 0.433 e. The Hall–Kier alpha value is -2.11. The van der Waals surface area contributed by atoms with Crippen molar-refractivity contribution in [2.75, 3.05) is 11.4 Å². The molecular formula is C15H14F3N3. The van der Waals surface area contributed by atoms with Gasteiger partial charge in [-0.1, -0.05) is 30.3 Å². The fourth-order valence-electron chi connectivity index (χ4n) is 2.67. The van der Waals surface area contributed by atoms with Crippen molar-refractivity contribution in [3.8, 4) is 0 Å². The highest BCUT2D eigenvalue weighted by Crippen LogP contribution is 2.35. The zero-order valence-corrected chi connectivity index (χ0v) is 11.2. The van der Waals surface area contributed by atoms with E-state index in [1.807, 2.05) is 35.2 Å². The minimum atomic E-state index is -4.44. The van der Waals surface area contributed by atoms with Gasteiger partial charge in [-0.05, 0) is 24.5 Å². The minimum Gasteiger partial charge on any atom is -0.334 e. The molecule has 1 aromatic heterocycles. The van der Waals surface area contributed by atoms with Gasteiger partial charge in [0.25, 0.3) is 0 Å². The molecular weight excluding hydrogens is 279 g/mol. The number of halogens is 3. The summed E-state index contributed by atoms with van der Waals surface area (Å²) in [6, 6.07) is 10.7. The average molecular weight is 293 g/mol. The Bertz CT molecular complexity index is 613. The van der Waals surface area contributed by atoms with Crippen molar-refractivity contribution in [2.45, 2.75) is 25.1 Å². The monoisotopic (exact) mass is 293 g/mol. The third-order valence-electron chi connectivity index (χ3n) is 3.63. The summed E-state index contributed by atoms with van der Waals surface area (Å²) in [5.74, 6) is 0.149. The molecule has 0 spiro atoms. The van der Waals surface area contributed by atoms with Crippen LogP contribution in [0.3, 0.4) is 0 Å². The maximum Gasteiger partial charge on any atom is 0.433 e. The van der Waals surface area contributed by atoms with Crippen LogP contribution >= 0.6 is 0 Å². The highest BCUT2D eigenvalue weighted by Gasteiger charge is 2.34. The normalized spacial score (nSPS) is 19.0. The van der Waals surface area contributed by atoms with E-state index in [2.05, 4.69) is 9.97 Å². The highest BCUT2D eigenvalue weighted by molar-refractivity contribution is 5.39. The zero-order valence-electron chi connectivity index (χ0n) is 11.2. The summed E-state index contributed by atoms with van der Waals surface area (Å²) >= 11 is 0. The SMILES string of the molecule is FC(F)(F)c1ccnc(N2CCCC2c2ccccc2)n1. The number of hydrogen-bond acceptors (Lipinski definition) is 3. The topological polar surface area (TPSA) is 29.0 Å². The van der Waals surface area contributed by atoms with Gasteiger partial charge in [0.2, 0.25) is 5.95 Å². The second-order valence-corrected chi connectivity index (χ2v) is 5.00. The lowest BCUT2D eigenvalue weighted by molar-refractivity contribution is -0.141. The van der Waals surface area contributed by atoms with Gasteiger partial charge in [-0.2, -0.15) is 13.2 Å². The average Bonchev–Trinajstić information content (AvgIpc) is 2.97. The van der Waals surface area contributed by atoms with E-state index in [0.29, 0.717) is 6.54 Å². The molecule has 1 aromatic carbocycles. The predicted molar refractivity (Wildman–Crippen MR) is 72.8 cm³/mol. The Morgan fingerprint density at radius 1 is 1.10 bits per heavy atom. The van der Waals surface area contributed by atoms with Crippen LogP contribution in [0.2, 0.25) is 0 Å². The number of alkyl halides is 3. The number of aromatic nitrogens is 2. The molecule has 2 heterocycles. The fraction of sp³-hybridized carbons (Fsp3) is 0.333. The van der Waals surface area contributed by atoms with Crippen molar-refractivity contribution in [1.82, 2.24) is 9.97 Å². The van der Waals surface area contributed by atoms with E-state index in [1.165, 1.54) is 6.20 Å². The van der Waals surface area contributed by atoms with Gasteiger partial charge >= 0.3 is 6.18 Å². The van der Waals surface area contributed by atoms with Gasteiger partial charge in [0.1, 0.15) is 5.69 Å². The van der Waals surface area contributed by atoms with Crippen molar-refractivity contribution in [2.24, 2.45) is 0 Å². The quantitative estimate of drug-likeness (QED) is 0.842. The Balaban J connectivity index is 1.93. The zero-order chi connectivity index (χ0) is 14.9. The van der Waals surface area contributed by atoms with E-state index >= 15 is 0 Å². The Labute approximate surface area is 120 Å². The first-order valence-electron chi connectivity index (χ1n) is 6.77. The minimum absolute atomic E-state index is 0.0367. The van der Waals surface area contributed by atoms with E-state index in [4.69, 9.17) is 0 Å². The maximum absolute atomic E-state index is 12.8. The molecule has 2 aromatic rings. The molecule has 1 saturated heterocycles. The molecule has 6 heteroatoms. The predicted octanol–water partition coefficient (Wildman–Crippen LogP) is 3.84. The van der Waals surface area contributed by atoms with Crippen molar-refractivity contribution in [3.05, 3.63) is 53.9 Å². The van der Waals surface area contributed by atoms with E-state index in [9.17, 15) is 13.2 Å². The van der Waals surface area contributed by atoms with E-state index < -0.39 is 11.9 Å². The maximum atomic E-state index is 12.8. The van der Waals surface area contributed by atoms with Crippen LogP contribution in [-0.2, 0) is 6.18 Å². The lowest BCUT2D eigenvalue weighted by Crippen LogP contribution is -2.25. The molecule has 1 aliphatic rings. The van der Waals surface area contributed by atoms with Crippen LogP contribution in [0.15, 0.2) is 42.6 Å². The molecule has 110 valence electrons. The van der Waals surface area contributed by atoms with Crippen molar-refractivity contribution < 1.29 is 13.2 Å². The lowest BCUT2D eigenvalue weighted by atomic mass is 10.1. The number of anilines is 1. The third-order valence-corrected chi connectivity index (χ3v) is 3.63. The summed E-state index contributed by atoms with van der Waals surface area (Å²) in [7, 11) is 0. The molecule has 0 bridgehead atoms. The van der Waals surface area contributed by atoms with Crippen molar-refractivity contribution in [1.29, 1.82) is 0 Å². The number of benzene rings is 1. The first kappa shape index (κ1) is 13.9. The highest BCUT2D eigenvalue weighted by atomic mass is 19.4. The van der Waals surface area contributed by atoms with Gasteiger partial charge in [-0.3, -0.25) is 0 Å². The van der Waals surface area contributed by atoms with Crippen LogP contribution in [0.5, 0.6) is 0 Å². The summed E-state index contributed by atoms with van der Waals surface area (Å²) in [5, 5.41) is 0. The summed E-state index contributed by atoms with van der Waals surface area (Å²) in [6.07, 6.45) is -1.46. The van der Waals surface area contributed by atoms with E-state index in [1.54, 1.807) is 0 Å². The Kier molecular flexibility index (Phi) is 3.53. The van der Waals surface area contributed by atoms with Gasteiger partial charge in [-0.15, -0.1) is 0 Å². The Morgan fingerprint density at radius 3 is 2.57 bits per heavy atom. The van der Waals surface area contributed by atoms with E-state index in [-0.39, 0.29) is 12.0 Å². The molecule has 1 unspecified atom stereocenters. The summed E-state index contributed by atoms with van der Waals surface area (Å²) in [6.45, 7) is 0.668. The number of hydrogen-bond donors (Lipinski definition) is 0. The van der Waals surface area contributed by atoms with E-state index in [0.717, 1.165) is 24.5 Å². The second kappa shape index (κ2) is 5.35. The third kappa shape index (κ3) is 2.84. The first-order chi connectivity index (χ1) is 10.1. The van der Waals surface area contributed by atoms with Crippen LogP contribution in [0, 0.1) is 0 Å². The summed E-state index contributed by atoms with van der Waals surface area (Å²) < 4.78 is 38.3. The molecule has 0 saturated carbocycles. The molecule has 3 nitrogen and oxygen atoms in total. The van der Waals surface area contributed by atoms with Gasteiger partial charge in [0.15, 0.2) is 0 Å². The molecule has 21 heavy (non-hydrogen) atoms. The molecule has 0 amide bonds. The molecule has 0 aliphatic carbocycles. The Morgan fingerprint density at radius 2 is 1.86 bits per heavy atom. The van der Waals surface area contributed by atoms with Crippen LogP contribution in [-0.4, -0.2) is 16.5 Å². The molecule has 3 rings (SSSR count). The molecule has 0 radical (unpaired) electrons. The van der Waals surface area contributed by atoms with Crippen LogP contribution in [0.4, 0.5) is 19.1 Å². The second-order valence-electron chi connectivity index (χ2n) is 5.00. The smallest absolute Gasteiger partial charge is 0.334 e. The van der Waals surface area contributed by atoms with Crippen molar-refractivity contribution in [3.63, 3.8) is 0 Å². The number of rotatable bonds is 2. The fourth-order valence-corrected chi connectivity index (χ4v) is 2.67.